The van der Waals surface area contributed by atoms with E-state index in [4.69, 9.17) is 0 Å². The van der Waals surface area contributed by atoms with Crippen LogP contribution in [0, 0.1) is 0 Å². The van der Waals surface area contributed by atoms with E-state index >= 15 is 0 Å². The molecular formula is C43H29N5. The van der Waals surface area contributed by atoms with Crippen LogP contribution in [0.1, 0.15) is 0 Å². The molecule has 0 saturated carbocycles. The molecule has 5 heterocycles. The molecule has 0 unspecified atom stereocenters. The lowest BCUT2D eigenvalue weighted by Gasteiger charge is -2.15. The standard InChI is InChI=1S/C43H29N5/c1-5-15-45-40(9-1)36-24-34(25-37(28-36)41-10-2-6-16-46-41)32-21-31(30-13-19-44-20-14-30)22-33(23-32)35-26-38(42-11-3-7-17-47-42)29-39(27-35)43-12-4-8-18-48-43/h1-29H. The summed E-state index contributed by atoms with van der Waals surface area (Å²) < 4.78 is 0. The molecule has 0 aliphatic heterocycles. The second-order valence-corrected chi connectivity index (χ2v) is 11.5. The lowest BCUT2D eigenvalue weighted by molar-refractivity contribution is 1.31. The Morgan fingerprint density at radius 1 is 0.229 bits per heavy atom. The third kappa shape index (κ3) is 6.13. The molecule has 0 spiro atoms. The average Bonchev–Trinajstić information content (AvgIpc) is 3.19. The van der Waals surface area contributed by atoms with Gasteiger partial charge in [0.05, 0.1) is 22.8 Å². The molecule has 0 N–H and O–H groups in total. The summed E-state index contributed by atoms with van der Waals surface area (Å²) in [4.78, 5) is 23.0. The van der Waals surface area contributed by atoms with E-state index in [0.717, 1.165) is 78.4 Å². The number of aromatic nitrogens is 5. The zero-order chi connectivity index (χ0) is 32.1. The molecule has 3 aromatic carbocycles. The normalized spacial score (nSPS) is 10.9. The lowest BCUT2D eigenvalue weighted by atomic mass is 9.90. The topological polar surface area (TPSA) is 64.5 Å². The van der Waals surface area contributed by atoms with E-state index in [-0.39, 0.29) is 0 Å². The fraction of sp³-hybridized carbons (Fsp3) is 0. The van der Waals surface area contributed by atoms with Crippen LogP contribution in [0.5, 0.6) is 0 Å². The average molecular weight is 616 g/mol. The minimum atomic E-state index is 0.908. The van der Waals surface area contributed by atoms with Crippen molar-refractivity contribution in [3.63, 3.8) is 0 Å². The van der Waals surface area contributed by atoms with Crippen molar-refractivity contribution in [3.8, 4) is 78.4 Å². The fourth-order valence-electron chi connectivity index (χ4n) is 5.99. The third-order valence-corrected chi connectivity index (χ3v) is 8.32. The van der Waals surface area contributed by atoms with Crippen LogP contribution in [0.25, 0.3) is 78.4 Å². The molecule has 48 heavy (non-hydrogen) atoms. The molecular weight excluding hydrogens is 587 g/mol. The van der Waals surface area contributed by atoms with Crippen molar-refractivity contribution in [2.45, 2.75) is 0 Å². The molecule has 5 heteroatoms. The van der Waals surface area contributed by atoms with E-state index < -0.39 is 0 Å². The first-order valence-corrected chi connectivity index (χ1v) is 15.8. The maximum atomic E-state index is 4.69. The van der Waals surface area contributed by atoms with E-state index in [1.165, 1.54) is 0 Å². The number of hydrogen-bond donors (Lipinski definition) is 0. The Hall–Kier alpha value is -6.59. The molecule has 5 nitrogen and oxygen atoms in total. The Morgan fingerprint density at radius 2 is 0.500 bits per heavy atom. The predicted molar refractivity (Wildman–Crippen MR) is 193 cm³/mol. The first-order chi connectivity index (χ1) is 23.8. The van der Waals surface area contributed by atoms with E-state index in [1.807, 2.05) is 110 Å². The Balaban J connectivity index is 1.36. The van der Waals surface area contributed by atoms with Crippen molar-refractivity contribution in [2.75, 3.05) is 0 Å². The third-order valence-electron chi connectivity index (χ3n) is 8.32. The first-order valence-electron chi connectivity index (χ1n) is 15.8. The van der Waals surface area contributed by atoms with Gasteiger partial charge in [-0.3, -0.25) is 24.9 Å². The van der Waals surface area contributed by atoms with Crippen molar-refractivity contribution in [1.82, 2.24) is 24.9 Å². The summed E-state index contributed by atoms with van der Waals surface area (Å²) >= 11 is 0. The second kappa shape index (κ2) is 13.0. The van der Waals surface area contributed by atoms with Gasteiger partial charge in [0.15, 0.2) is 0 Å². The SMILES string of the molecule is c1ccc(-c2cc(-c3cc(-c4ccncc4)cc(-c4cc(-c5ccccn5)cc(-c5ccccn5)c4)c3)cc(-c3ccccn3)c2)nc1. The zero-order valence-electron chi connectivity index (χ0n) is 26.0. The molecule has 0 amide bonds. The van der Waals surface area contributed by atoms with Gasteiger partial charge in [-0.25, -0.2) is 0 Å². The van der Waals surface area contributed by atoms with Crippen LogP contribution in [-0.4, -0.2) is 24.9 Å². The maximum Gasteiger partial charge on any atom is 0.0702 e. The summed E-state index contributed by atoms with van der Waals surface area (Å²) in [5.41, 5.74) is 14.2. The largest absolute Gasteiger partial charge is 0.265 e. The minimum Gasteiger partial charge on any atom is -0.265 e. The van der Waals surface area contributed by atoms with Gasteiger partial charge in [0, 0.05) is 59.4 Å². The van der Waals surface area contributed by atoms with Crippen LogP contribution in [0.3, 0.4) is 0 Å². The highest BCUT2D eigenvalue weighted by molar-refractivity contribution is 5.87. The predicted octanol–water partition coefficient (Wildman–Crippen LogP) is 10.3. The van der Waals surface area contributed by atoms with Crippen molar-refractivity contribution >= 4 is 0 Å². The highest BCUT2D eigenvalue weighted by Crippen LogP contribution is 2.38. The van der Waals surface area contributed by atoms with Crippen molar-refractivity contribution in [1.29, 1.82) is 0 Å². The molecule has 0 aliphatic carbocycles. The van der Waals surface area contributed by atoms with E-state index in [0.29, 0.717) is 0 Å². The second-order valence-electron chi connectivity index (χ2n) is 11.5. The maximum absolute atomic E-state index is 4.69. The Bertz CT molecular complexity index is 2050. The van der Waals surface area contributed by atoms with Gasteiger partial charge in [-0.2, -0.15) is 0 Å². The highest BCUT2D eigenvalue weighted by atomic mass is 14.7. The van der Waals surface area contributed by atoms with E-state index in [2.05, 4.69) is 91.6 Å². The minimum absolute atomic E-state index is 0.908. The van der Waals surface area contributed by atoms with Gasteiger partial charge in [-0.05, 0) is 149 Å². The summed E-state index contributed by atoms with van der Waals surface area (Å²) in [5, 5.41) is 0. The Labute approximate surface area is 279 Å². The van der Waals surface area contributed by atoms with Crippen LogP contribution in [0.2, 0.25) is 0 Å². The van der Waals surface area contributed by atoms with Crippen molar-refractivity contribution in [3.05, 3.63) is 177 Å². The van der Waals surface area contributed by atoms with Gasteiger partial charge in [-0.15, -0.1) is 0 Å². The number of hydrogen-bond acceptors (Lipinski definition) is 5. The van der Waals surface area contributed by atoms with Crippen molar-refractivity contribution in [2.24, 2.45) is 0 Å². The summed E-state index contributed by atoms with van der Waals surface area (Å²) in [6.45, 7) is 0. The molecule has 0 fully saturated rings. The molecule has 226 valence electrons. The van der Waals surface area contributed by atoms with Crippen molar-refractivity contribution < 1.29 is 0 Å². The van der Waals surface area contributed by atoms with Gasteiger partial charge in [-0.1, -0.05) is 24.3 Å². The van der Waals surface area contributed by atoms with Gasteiger partial charge >= 0.3 is 0 Å². The summed E-state index contributed by atoms with van der Waals surface area (Å²) in [7, 11) is 0. The summed E-state index contributed by atoms with van der Waals surface area (Å²) in [5.74, 6) is 0. The molecule has 0 aliphatic rings. The van der Waals surface area contributed by atoms with E-state index in [9.17, 15) is 0 Å². The number of benzene rings is 3. The van der Waals surface area contributed by atoms with Crippen LogP contribution in [-0.2, 0) is 0 Å². The molecule has 8 aromatic rings. The lowest BCUT2D eigenvalue weighted by Crippen LogP contribution is -1.92. The van der Waals surface area contributed by atoms with Gasteiger partial charge in [0.2, 0.25) is 0 Å². The highest BCUT2D eigenvalue weighted by Gasteiger charge is 2.14. The van der Waals surface area contributed by atoms with Crippen LogP contribution in [0.15, 0.2) is 177 Å². The molecule has 5 aromatic heterocycles. The van der Waals surface area contributed by atoms with Crippen LogP contribution in [0.4, 0.5) is 0 Å². The summed E-state index contributed by atoms with van der Waals surface area (Å²) in [6, 6.07) is 48.1. The Kier molecular flexibility index (Phi) is 7.83. The smallest absolute Gasteiger partial charge is 0.0702 e. The Morgan fingerprint density at radius 3 is 0.792 bits per heavy atom. The van der Waals surface area contributed by atoms with E-state index in [1.54, 1.807) is 0 Å². The summed E-state index contributed by atoms with van der Waals surface area (Å²) in [6.07, 6.45) is 11.0. The molecule has 8 rings (SSSR count). The van der Waals surface area contributed by atoms with Gasteiger partial charge in [0.1, 0.15) is 0 Å². The monoisotopic (exact) mass is 615 g/mol. The number of rotatable bonds is 7. The quantitative estimate of drug-likeness (QED) is 0.178. The molecule has 0 saturated heterocycles. The molecule has 0 atom stereocenters. The number of pyridine rings is 5. The molecule has 0 bridgehead atoms. The van der Waals surface area contributed by atoms with Gasteiger partial charge < -0.3 is 0 Å². The van der Waals surface area contributed by atoms with Gasteiger partial charge in [0.25, 0.3) is 0 Å². The first kappa shape index (κ1) is 28.9. The molecule has 0 radical (unpaired) electrons. The van der Waals surface area contributed by atoms with Crippen LogP contribution >= 0.6 is 0 Å². The fourth-order valence-corrected chi connectivity index (χ4v) is 5.99. The number of nitrogens with zero attached hydrogens (tertiary/aromatic N) is 5. The zero-order valence-corrected chi connectivity index (χ0v) is 26.0. The van der Waals surface area contributed by atoms with Crippen LogP contribution < -0.4 is 0 Å².